The van der Waals surface area contributed by atoms with Crippen molar-refractivity contribution < 1.29 is 9.90 Å². The monoisotopic (exact) mass is 250 g/mol. The minimum atomic E-state index is -1.23. The molecule has 1 aromatic heterocycles. The Kier molecular flexibility index (Phi) is 2.44. The van der Waals surface area contributed by atoms with Gasteiger partial charge in [-0.25, -0.2) is 9.78 Å². The van der Waals surface area contributed by atoms with Crippen LogP contribution in [0.4, 0.5) is 0 Å². The maximum atomic E-state index is 11.8. The van der Waals surface area contributed by atoms with Crippen molar-refractivity contribution >= 4 is 5.97 Å². The zero-order valence-corrected chi connectivity index (χ0v) is 11.3. The topological polar surface area (TPSA) is 83.0 Å². The van der Waals surface area contributed by atoms with Crippen molar-refractivity contribution in [2.75, 3.05) is 0 Å². The number of carboxylic acids is 1. The second-order valence-corrected chi connectivity index (χ2v) is 6.09. The Morgan fingerprint density at radius 2 is 1.78 bits per heavy atom. The molecule has 5 heteroatoms. The van der Waals surface area contributed by atoms with Gasteiger partial charge in [0.05, 0.1) is 5.69 Å². The summed E-state index contributed by atoms with van der Waals surface area (Å²) < 4.78 is 0. The zero-order chi connectivity index (χ0) is 13.9. The van der Waals surface area contributed by atoms with Gasteiger partial charge in [-0.05, 0) is 17.8 Å². The highest BCUT2D eigenvalue weighted by Gasteiger charge is 2.66. The van der Waals surface area contributed by atoms with E-state index in [9.17, 15) is 9.59 Å². The van der Waals surface area contributed by atoms with Crippen LogP contribution in [0.2, 0.25) is 0 Å². The Labute approximate surface area is 105 Å². The van der Waals surface area contributed by atoms with Crippen molar-refractivity contribution in [3.8, 4) is 0 Å². The molecular weight excluding hydrogens is 232 g/mol. The Morgan fingerprint density at radius 3 is 2.11 bits per heavy atom. The van der Waals surface area contributed by atoms with Crippen LogP contribution in [0.3, 0.4) is 0 Å². The summed E-state index contributed by atoms with van der Waals surface area (Å²) in [7, 11) is 0. The Morgan fingerprint density at radius 1 is 1.28 bits per heavy atom. The van der Waals surface area contributed by atoms with Gasteiger partial charge in [-0.15, -0.1) is 0 Å². The standard InChI is InChI=1S/C13H18N2O3/c1-6-7(11(17)18)10(16)15-9(14-6)8-12(2,3)13(8,4)5/h8H,1-5H3,(H,17,18)(H,14,15,16). The van der Waals surface area contributed by atoms with Gasteiger partial charge in [0.2, 0.25) is 0 Å². The van der Waals surface area contributed by atoms with Crippen LogP contribution in [0.5, 0.6) is 0 Å². The van der Waals surface area contributed by atoms with E-state index in [0.29, 0.717) is 5.82 Å². The van der Waals surface area contributed by atoms with Crippen LogP contribution in [0.15, 0.2) is 4.79 Å². The quantitative estimate of drug-likeness (QED) is 0.840. The van der Waals surface area contributed by atoms with Gasteiger partial charge in [-0.1, -0.05) is 27.7 Å². The maximum Gasteiger partial charge on any atom is 0.343 e. The van der Waals surface area contributed by atoms with E-state index in [-0.39, 0.29) is 28.0 Å². The molecule has 98 valence electrons. The molecule has 0 spiro atoms. The molecule has 18 heavy (non-hydrogen) atoms. The van der Waals surface area contributed by atoms with Crippen LogP contribution >= 0.6 is 0 Å². The molecule has 1 aliphatic carbocycles. The summed E-state index contributed by atoms with van der Waals surface area (Å²) in [5.74, 6) is -0.487. The lowest BCUT2D eigenvalue weighted by atomic mass is 10.0. The van der Waals surface area contributed by atoms with Crippen LogP contribution < -0.4 is 5.56 Å². The molecule has 1 aliphatic rings. The Balaban J connectivity index is 2.52. The first-order valence-corrected chi connectivity index (χ1v) is 5.95. The predicted octanol–water partition coefficient (Wildman–Crippen LogP) is 1.93. The lowest BCUT2D eigenvalue weighted by Gasteiger charge is -2.05. The van der Waals surface area contributed by atoms with E-state index in [1.807, 2.05) is 0 Å². The molecular formula is C13H18N2O3. The SMILES string of the molecule is Cc1nc(C2C(C)(C)C2(C)C)[nH]c(=O)c1C(=O)O. The van der Waals surface area contributed by atoms with Crippen molar-refractivity contribution in [2.24, 2.45) is 10.8 Å². The number of carboxylic acid groups (broad SMARTS) is 1. The molecule has 1 fully saturated rings. The maximum absolute atomic E-state index is 11.8. The molecule has 1 aromatic rings. The average molecular weight is 250 g/mol. The number of nitrogens with zero attached hydrogens (tertiary/aromatic N) is 1. The molecule has 0 aromatic carbocycles. The second-order valence-electron chi connectivity index (χ2n) is 6.09. The first kappa shape index (κ1) is 12.8. The fourth-order valence-electron chi connectivity index (χ4n) is 2.88. The summed E-state index contributed by atoms with van der Waals surface area (Å²) in [5, 5.41) is 8.94. The minimum Gasteiger partial charge on any atom is -0.477 e. The molecule has 0 radical (unpaired) electrons. The third kappa shape index (κ3) is 1.50. The number of carbonyl (C=O) groups is 1. The van der Waals surface area contributed by atoms with E-state index < -0.39 is 11.5 Å². The highest BCUT2D eigenvalue weighted by molar-refractivity contribution is 5.88. The van der Waals surface area contributed by atoms with E-state index >= 15 is 0 Å². The summed E-state index contributed by atoms with van der Waals surface area (Å²) in [4.78, 5) is 29.6. The molecule has 0 amide bonds. The number of H-pyrrole nitrogens is 1. The normalized spacial score (nSPS) is 20.7. The molecule has 1 heterocycles. The largest absolute Gasteiger partial charge is 0.477 e. The minimum absolute atomic E-state index is 0.0557. The van der Waals surface area contributed by atoms with E-state index in [1.165, 1.54) is 0 Å². The molecule has 0 aliphatic heterocycles. The van der Waals surface area contributed by atoms with Crippen molar-refractivity contribution in [3.63, 3.8) is 0 Å². The lowest BCUT2D eigenvalue weighted by molar-refractivity contribution is 0.0693. The van der Waals surface area contributed by atoms with Gasteiger partial charge >= 0.3 is 5.97 Å². The second kappa shape index (κ2) is 3.43. The smallest absolute Gasteiger partial charge is 0.343 e. The third-order valence-electron chi connectivity index (χ3n) is 4.63. The molecule has 0 atom stereocenters. The lowest BCUT2D eigenvalue weighted by Crippen LogP contribution is -2.23. The van der Waals surface area contributed by atoms with Crippen molar-refractivity contribution in [2.45, 2.75) is 40.5 Å². The van der Waals surface area contributed by atoms with Crippen molar-refractivity contribution in [1.29, 1.82) is 0 Å². The summed E-state index contributed by atoms with van der Waals surface area (Å²) in [6.07, 6.45) is 0. The fourth-order valence-corrected chi connectivity index (χ4v) is 2.88. The molecule has 0 saturated heterocycles. The van der Waals surface area contributed by atoms with E-state index in [4.69, 9.17) is 5.11 Å². The molecule has 0 bridgehead atoms. The predicted molar refractivity (Wildman–Crippen MR) is 66.9 cm³/mol. The van der Waals surface area contributed by atoms with Crippen molar-refractivity contribution in [1.82, 2.24) is 9.97 Å². The Hall–Kier alpha value is -1.65. The summed E-state index contributed by atoms with van der Waals surface area (Å²) in [5.41, 5.74) is -0.446. The van der Waals surface area contributed by atoms with E-state index in [2.05, 4.69) is 37.7 Å². The number of aryl methyl sites for hydroxylation is 1. The number of nitrogens with one attached hydrogen (secondary N) is 1. The van der Waals surface area contributed by atoms with E-state index in [1.54, 1.807) is 6.92 Å². The summed E-state index contributed by atoms with van der Waals surface area (Å²) in [6.45, 7) is 10.1. The number of aromatic carboxylic acids is 1. The molecule has 5 nitrogen and oxygen atoms in total. The van der Waals surface area contributed by atoms with Crippen molar-refractivity contribution in [3.05, 3.63) is 27.4 Å². The Bertz CT molecular complexity index is 570. The van der Waals surface area contributed by atoms with Gasteiger partial charge in [-0.2, -0.15) is 0 Å². The van der Waals surface area contributed by atoms with Gasteiger partial charge in [-0.3, -0.25) is 4.79 Å². The van der Waals surface area contributed by atoms with Gasteiger partial charge in [0, 0.05) is 5.92 Å². The number of aromatic amines is 1. The van der Waals surface area contributed by atoms with E-state index in [0.717, 1.165) is 0 Å². The van der Waals surface area contributed by atoms with Crippen LogP contribution in [0, 0.1) is 17.8 Å². The van der Waals surface area contributed by atoms with Gasteiger partial charge in [0.25, 0.3) is 5.56 Å². The third-order valence-corrected chi connectivity index (χ3v) is 4.63. The van der Waals surface area contributed by atoms with Gasteiger partial charge in [0.1, 0.15) is 11.4 Å². The number of rotatable bonds is 2. The zero-order valence-electron chi connectivity index (χ0n) is 11.3. The molecule has 0 unspecified atom stereocenters. The van der Waals surface area contributed by atoms with Crippen LogP contribution in [-0.4, -0.2) is 21.0 Å². The molecule has 1 saturated carbocycles. The van der Waals surface area contributed by atoms with Crippen LogP contribution in [-0.2, 0) is 0 Å². The average Bonchev–Trinajstić information content (AvgIpc) is 2.54. The first-order chi connectivity index (χ1) is 8.10. The van der Waals surface area contributed by atoms with Gasteiger partial charge < -0.3 is 10.1 Å². The molecule has 2 N–H and O–H groups in total. The highest BCUT2D eigenvalue weighted by Crippen LogP contribution is 2.72. The highest BCUT2D eigenvalue weighted by atomic mass is 16.4. The van der Waals surface area contributed by atoms with Crippen LogP contribution in [0.25, 0.3) is 0 Å². The summed E-state index contributed by atoms with van der Waals surface area (Å²) >= 11 is 0. The number of hydrogen-bond donors (Lipinski definition) is 2. The molecule has 2 rings (SSSR count). The fraction of sp³-hybridized carbons (Fsp3) is 0.615. The summed E-state index contributed by atoms with van der Waals surface area (Å²) in [6, 6.07) is 0. The van der Waals surface area contributed by atoms with Gasteiger partial charge in [0.15, 0.2) is 0 Å². The number of aromatic nitrogens is 2. The first-order valence-electron chi connectivity index (χ1n) is 5.95. The van der Waals surface area contributed by atoms with Crippen LogP contribution in [0.1, 0.15) is 55.5 Å². The number of hydrogen-bond acceptors (Lipinski definition) is 3.